The first-order valence-corrected chi connectivity index (χ1v) is 8.75. The Morgan fingerprint density at radius 2 is 2.00 bits per heavy atom. The fourth-order valence-electron chi connectivity index (χ4n) is 4.32. The van der Waals surface area contributed by atoms with Crippen LogP contribution in [-0.4, -0.2) is 51.1 Å². The van der Waals surface area contributed by atoms with Crippen molar-refractivity contribution < 1.29 is 14.3 Å². The highest BCUT2D eigenvalue weighted by Crippen LogP contribution is 2.49. The van der Waals surface area contributed by atoms with Gasteiger partial charge in [0.15, 0.2) is 11.5 Å². The molecule has 0 radical (unpaired) electrons. The normalized spacial score (nSPS) is 28.7. The number of likely N-dealkylation sites (N-methyl/N-ethyl adjacent to an activating group) is 1. The van der Waals surface area contributed by atoms with Gasteiger partial charge in [0.05, 0.1) is 19.9 Å². The van der Waals surface area contributed by atoms with Gasteiger partial charge in [0.25, 0.3) is 0 Å². The summed E-state index contributed by atoms with van der Waals surface area (Å²) in [7, 11) is 5.60. The maximum atomic E-state index is 5.53. The Bertz CT molecular complexity index is 617. The number of ether oxygens (including phenoxy) is 2. The molecule has 5 heteroatoms. The smallest absolute Gasteiger partial charge is 0.161 e. The third-order valence-electron chi connectivity index (χ3n) is 5.65. The van der Waals surface area contributed by atoms with Gasteiger partial charge < -0.3 is 19.2 Å². The quantitative estimate of drug-likeness (QED) is 0.777. The summed E-state index contributed by atoms with van der Waals surface area (Å²) >= 11 is 0. The van der Waals surface area contributed by atoms with E-state index in [1.54, 1.807) is 14.2 Å². The van der Waals surface area contributed by atoms with E-state index in [1.165, 1.54) is 17.7 Å². The Morgan fingerprint density at radius 1 is 1.21 bits per heavy atom. The van der Waals surface area contributed by atoms with Gasteiger partial charge in [-0.15, -0.1) is 0 Å². The summed E-state index contributed by atoms with van der Waals surface area (Å²) in [5.41, 5.74) is 2.70. The van der Waals surface area contributed by atoms with E-state index >= 15 is 0 Å². The van der Waals surface area contributed by atoms with Gasteiger partial charge in [-0.1, -0.05) is 11.2 Å². The van der Waals surface area contributed by atoms with Crippen LogP contribution in [0.25, 0.3) is 0 Å². The van der Waals surface area contributed by atoms with E-state index in [9.17, 15) is 0 Å². The number of benzene rings is 1. The number of nitrogens with zero attached hydrogens (tertiary/aromatic N) is 2. The van der Waals surface area contributed by atoms with Crippen LogP contribution in [0.2, 0.25) is 0 Å². The van der Waals surface area contributed by atoms with Crippen LogP contribution in [0, 0.1) is 0 Å². The lowest BCUT2D eigenvalue weighted by Crippen LogP contribution is -2.46. The maximum absolute atomic E-state index is 5.53. The first-order chi connectivity index (χ1) is 11.6. The Labute approximate surface area is 144 Å². The van der Waals surface area contributed by atoms with Crippen LogP contribution >= 0.6 is 0 Å². The molecule has 24 heavy (non-hydrogen) atoms. The Hall–Kier alpha value is -1.75. The van der Waals surface area contributed by atoms with Crippen LogP contribution in [0.4, 0.5) is 0 Å². The molecule has 0 N–H and O–H groups in total. The topological polar surface area (TPSA) is 43.3 Å². The van der Waals surface area contributed by atoms with Crippen molar-refractivity contribution in [2.45, 2.75) is 44.1 Å². The second-order valence-corrected chi connectivity index (χ2v) is 6.75. The van der Waals surface area contributed by atoms with Crippen LogP contribution in [0.3, 0.4) is 0 Å². The van der Waals surface area contributed by atoms with Gasteiger partial charge in [-0.05, 0) is 57.5 Å². The van der Waals surface area contributed by atoms with E-state index in [4.69, 9.17) is 14.3 Å². The van der Waals surface area contributed by atoms with Gasteiger partial charge >= 0.3 is 0 Å². The van der Waals surface area contributed by atoms with Gasteiger partial charge in [-0.2, -0.15) is 0 Å². The van der Waals surface area contributed by atoms with Gasteiger partial charge in [0.2, 0.25) is 0 Å². The molecule has 1 heterocycles. The molecule has 0 aromatic heterocycles. The summed E-state index contributed by atoms with van der Waals surface area (Å²) in [6, 6.07) is 6.86. The number of oxime groups is 1. The lowest BCUT2D eigenvalue weighted by atomic mass is 9.65. The van der Waals surface area contributed by atoms with Gasteiger partial charge in [0.1, 0.15) is 6.61 Å². The molecule has 132 valence electrons. The molecule has 1 aliphatic heterocycles. The number of likely N-dealkylation sites (tertiary alicyclic amines) is 1. The largest absolute Gasteiger partial charge is 0.493 e. The molecule has 0 bridgehead atoms. The van der Waals surface area contributed by atoms with E-state index in [0.29, 0.717) is 12.6 Å². The van der Waals surface area contributed by atoms with Crippen molar-refractivity contribution in [3.8, 4) is 11.5 Å². The minimum atomic E-state index is 0.166. The lowest BCUT2D eigenvalue weighted by molar-refractivity contribution is 0.152. The SMILES string of the molecule is CCO/N=C1\CC[C@@]2(c3ccc(OC)c(OC)c3)CCN(C)[C@H]2C1. The lowest BCUT2D eigenvalue weighted by Gasteiger charge is -2.42. The molecule has 0 amide bonds. The molecule has 0 unspecified atom stereocenters. The minimum absolute atomic E-state index is 0.166. The third-order valence-corrected chi connectivity index (χ3v) is 5.65. The van der Waals surface area contributed by atoms with Crippen LogP contribution in [0.5, 0.6) is 11.5 Å². The van der Waals surface area contributed by atoms with Gasteiger partial charge in [-0.3, -0.25) is 0 Å². The molecule has 1 saturated carbocycles. The van der Waals surface area contributed by atoms with E-state index in [-0.39, 0.29) is 5.41 Å². The molecule has 0 spiro atoms. The van der Waals surface area contributed by atoms with Crippen molar-refractivity contribution in [2.75, 3.05) is 34.4 Å². The fourth-order valence-corrected chi connectivity index (χ4v) is 4.32. The van der Waals surface area contributed by atoms with Crippen molar-refractivity contribution in [3.63, 3.8) is 0 Å². The van der Waals surface area contributed by atoms with E-state index < -0.39 is 0 Å². The maximum Gasteiger partial charge on any atom is 0.161 e. The molecule has 1 aromatic rings. The average Bonchev–Trinajstić information content (AvgIpc) is 2.97. The average molecular weight is 332 g/mol. The highest BCUT2D eigenvalue weighted by molar-refractivity contribution is 5.86. The second kappa shape index (κ2) is 7.01. The monoisotopic (exact) mass is 332 g/mol. The molecular formula is C19H28N2O3. The number of hydrogen-bond acceptors (Lipinski definition) is 5. The summed E-state index contributed by atoms with van der Waals surface area (Å²) in [4.78, 5) is 7.76. The van der Waals surface area contributed by atoms with Crippen LogP contribution < -0.4 is 9.47 Å². The number of fused-ring (bicyclic) bond motifs is 1. The summed E-state index contributed by atoms with van der Waals surface area (Å²) in [6.07, 6.45) is 4.25. The van der Waals surface area contributed by atoms with Gasteiger partial charge in [0, 0.05) is 17.9 Å². The summed E-state index contributed by atoms with van der Waals surface area (Å²) in [5, 5.41) is 4.33. The minimum Gasteiger partial charge on any atom is -0.493 e. The van der Waals surface area contributed by atoms with E-state index in [2.05, 4.69) is 29.2 Å². The molecular weight excluding hydrogens is 304 g/mol. The third kappa shape index (κ3) is 2.86. The summed E-state index contributed by atoms with van der Waals surface area (Å²) in [5.74, 6) is 1.60. The highest BCUT2D eigenvalue weighted by atomic mass is 16.6. The summed E-state index contributed by atoms with van der Waals surface area (Å²) < 4.78 is 10.9. The standard InChI is InChI=1S/C19H28N2O3/c1-5-24-20-15-8-9-19(10-11-21(2)18(19)13-15)14-6-7-16(22-3)17(12-14)23-4/h6-7,12,18H,5,8-11,13H2,1-4H3/b20-15+/t18-,19-/m0/s1. The Morgan fingerprint density at radius 3 is 2.71 bits per heavy atom. The van der Waals surface area contributed by atoms with Crippen molar-refractivity contribution >= 4 is 5.71 Å². The zero-order valence-corrected chi connectivity index (χ0v) is 15.2. The predicted molar refractivity (Wildman–Crippen MR) is 95.2 cm³/mol. The Balaban J connectivity index is 1.94. The van der Waals surface area contributed by atoms with Crippen molar-refractivity contribution in [2.24, 2.45) is 5.16 Å². The molecule has 3 rings (SSSR count). The highest BCUT2D eigenvalue weighted by Gasteiger charge is 2.50. The van der Waals surface area contributed by atoms with Crippen molar-refractivity contribution in [3.05, 3.63) is 23.8 Å². The van der Waals surface area contributed by atoms with Crippen molar-refractivity contribution in [1.29, 1.82) is 0 Å². The number of methoxy groups -OCH3 is 2. The first kappa shape index (κ1) is 17.1. The molecule has 2 aliphatic rings. The molecule has 2 atom stereocenters. The van der Waals surface area contributed by atoms with E-state index in [0.717, 1.165) is 37.3 Å². The molecule has 5 nitrogen and oxygen atoms in total. The molecule has 2 fully saturated rings. The number of hydrogen-bond donors (Lipinski definition) is 0. The first-order valence-electron chi connectivity index (χ1n) is 8.75. The van der Waals surface area contributed by atoms with Crippen LogP contribution in [0.15, 0.2) is 23.4 Å². The fraction of sp³-hybridized carbons (Fsp3) is 0.632. The molecule has 1 saturated heterocycles. The van der Waals surface area contributed by atoms with Gasteiger partial charge in [-0.25, -0.2) is 0 Å². The van der Waals surface area contributed by atoms with Crippen LogP contribution in [-0.2, 0) is 10.3 Å². The zero-order valence-electron chi connectivity index (χ0n) is 15.2. The molecule has 1 aromatic carbocycles. The summed E-state index contributed by atoms with van der Waals surface area (Å²) in [6.45, 7) is 3.72. The van der Waals surface area contributed by atoms with E-state index in [1.807, 2.05) is 13.0 Å². The number of rotatable bonds is 5. The Kier molecular flexibility index (Phi) is 4.99. The second-order valence-electron chi connectivity index (χ2n) is 6.75. The van der Waals surface area contributed by atoms with Crippen molar-refractivity contribution in [1.82, 2.24) is 4.90 Å². The van der Waals surface area contributed by atoms with Crippen LogP contribution in [0.1, 0.15) is 38.2 Å². The predicted octanol–water partition coefficient (Wildman–Crippen LogP) is 3.22. The molecule has 1 aliphatic carbocycles. The zero-order chi connectivity index (χ0) is 17.2.